The van der Waals surface area contributed by atoms with Gasteiger partial charge in [0.25, 0.3) is 0 Å². The van der Waals surface area contributed by atoms with Gasteiger partial charge in [-0.3, -0.25) is 0 Å². The molecule has 0 fully saturated rings. The molecule has 8 aromatic carbocycles. The van der Waals surface area contributed by atoms with Gasteiger partial charge in [-0.15, -0.1) is 11.3 Å². The molecular formula is C58H38N4OS. The first-order valence-electron chi connectivity index (χ1n) is 21.4. The second kappa shape index (κ2) is 15.3. The molecule has 302 valence electrons. The van der Waals surface area contributed by atoms with Crippen molar-refractivity contribution in [1.29, 1.82) is 0 Å². The molecule has 0 saturated carbocycles. The van der Waals surface area contributed by atoms with Gasteiger partial charge in [-0.2, -0.15) is 0 Å². The predicted molar refractivity (Wildman–Crippen MR) is 269 cm³/mol. The fraction of sp³-hybridized carbons (Fsp3) is 0.0172. The van der Waals surface area contributed by atoms with Crippen LogP contribution in [0.5, 0.6) is 0 Å². The van der Waals surface area contributed by atoms with Gasteiger partial charge in [0.15, 0.2) is 17.5 Å². The van der Waals surface area contributed by atoms with E-state index in [1.807, 2.05) is 61.5 Å². The molecule has 0 aliphatic heterocycles. The summed E-state index contributed by atoms with van der Waals surface area (Å²) in [5, 5.41) is 6.90. The van der Waals surface area contributed by atoms with Crippen molar-refractivity contribution >= 4 is 80.8 Å². The molecule has 4 heterocycles. The van der Waals surface area contributed by atoms with Crippen LogP contribution < -0.4 is 0 Å². The molecule has 0 spiro atoms. The first-order valence-corrected chi connectivity index (χ1v) is 22.2. The minimum atomic E-state index is 0.628. The highest BCUT2D eigenvalue weighted by molar-refractivity contribution is 7.26. The van der Waals surface area contributed by atoms with Crippen molar-refractivity contribution in [2.24, 2.45) is 0 Å². The lowest BCUT2D eigenvalue weighted by Gasteiger charge is -2.12. The van der Waals surface area contributed by atoms with Gasteiger partial charge >= 0.3 is 0 Å². The number of para-hydroxylation sites is 2. The molecule has 0 bridgehead atoms. The first kappa shape index (κ1) is 37.6. The predicted octanol–water partition coefficient (Wildman–Crippen LogP) is 16.0. The van der Waals surface area contributed by atoms with E-state index in [1.165, 1.54) is 15.5 Å². The number of fused-ring (bicyclic) bond motifs is 10. The van der Waals surface area contributed by atoms with Crippen molar-refractivity contribution < 1.29 is 4.42 Å². The highest BCUT2D eigenvalue weighted by Gasteiger charge is 2.21. The van der Waals surface area contributed by atoms with Crippen LogP contribution in [0.3, 0.4) is 0 Å². The quantitative estimate of drug-likeness (QED) is 0.143. The third kappa shape index (κ3) is 6.26. The van der Waals surface area contributed by atoms with Crippen molar-refractivity contribution in [2.45, 2.75) is 6.92 Å². The molecule has 4 aromatic heterocycles. The molecule has 0 N–H and O–H groups in total. The van der Waals surface area contributed by atoms with Crippen molar-refractivity contribution in [3.05, 3.63) is 213 Å². The van der Waals surface area contributed by atoms with E-state index < -0.39 is 0 Å². The highest BCUT2D eigenvalue weighted by atomic mass is 32.1. The van der Waals surface area contributed by atoms with Crippen molar-refractivity contribution in [3.8, 4) is 50.7 Å². The van der Waals surface area contributed by atoms with E-state index in [1.54, 1.807) is 17.4 Å². The molecular weight excluding hydrogens is 801 g/mol. The largest absolute Gasteiger partial charge is 0.455 e. The number of benzene rings is 8. The Labute approximate surface area is 373 Å². The number of nitrogens with zero attached hydrogens (tertiary/aromatic N) is 4. The van der Waals surface area contributed by atoms with Crippen LogP contribution in [0.25, 0.3) is 120 Å². The Morgan fingerprint density at radius 2 is 1.25 bits per heavy atom. The van der Waals surface area contributed by atoms with Crippen LogP contribution in [-0.4, -0.2) is 19.5 Å². The van der Waals surface area contributed by atoms with Crippen LogP contribution in [0, 0.1) is 0 Å². The molecule has 0 aliphatic carbocycles. The Morgan fingerprint density at radius 3 is 2.09 bits per heavy atom. The van der Waals surface area contributed by atoms with Gasteiger partial charge in [-0.1, -0.05) is 146 Å². The lowest BCUT2D eigenvalue weighted by atomic mass is 9.95. The second-order valence-corrected chi connectivity index (χ2v) is 17.1. The molecule has 0 amide bonds. The molecule has 0 aliphatic rings. The van der Waals surface area contributed by atoms with Gasteiger partial charge in [-0.05, 0) is 95.4 Å². The lowest BCUT2D eigenvalue weighted by molar-refractivity contribution is 0.673. The highest BCUT2D eigenvalue weighted by Crippen LogP contribution is 2.44. The smallest absolute Gasteiger partial charge is 0.165 e. The van der Waals surface area contributed by atoms with E-state index in [0.717, 1.165) is 93.1 Å². The number of allylic oxidation sites excluding steroid dienone is 5. The Bertz CT molecular complexity index is 3870. The number of hydrogen-bond acceptors (Lipinski definition) is 5. The van der Waals surface area contributed by atoms with Crippen LogP contribution in [0.4, 0.5) is 0 Å². The van der Waals surface area contributed by atoms with E-state index in [0.29, 0.717) is 17.5 Å². The maximum atomic E-state index is 6.63. The Morgan fingerprint density at radius 1 is 0.547 bits per heavy atom. The molecule has 6 heteroatoms. The fourth-order valence-corrected chi connectivity index (χ4v) is 10.3. The number of aromatic nitrogens is 4. The second-order valence-electron chi connectivity index (χ2n) is 16.1. The number of furan rings is 1. The van der Waals surface area contributed by atoms with Crippen LogP contribution in [0.1, 0.15) is 12.7 Å². The third-order valence-electron chi connectivity index (χ3n) is 12.2. The van der Waals surface area contributed by atoms with Gasteiger partial charge < -0.3 is 8.98 Å². The van der Waals surface area contributed by atoms with Crippen molar-refractivity contribution in [1.82, 2.24) is 19.5 Å². The zero-order valence-electron chi connectivity index (χ0n) is 34.9. The third-order valence-corrected chi connectivity index (χ3v) is 13.4. The monoisotopic (exact) mass is 838 g/mol. The fourth-order valence-electron chi connectivity index (χ4n) is 9.10. The Balaban J connectivity index is 1.05. The summed E-state index contributed by atoms with van der Waals surface area (Å²) in [6, 6.07) is 62.4. The Kier molecular flexibility index (Phi) is 8.99. The summed E-state index contributed by atoms with van der Waals surface area (Å²) in [6.07, 6.45) is 7.65. The number of rotatable bonds is 8. The van der Waals surface area contributed by atoms with Crippen LogP contribution in [0.2, 0.25) is 0 Å². The summed E-state index contributed by atoms with van der Waals surface area (Å²) in [5.41, 5.74) is 12.4. The summed E-state index contributed by atoms with van der Waals surface area (Å²) in [5.74, 6) is 1.90. The molecule has 64 heavy (non-hydrogen) atoms. The molecule has 0 atom stereocenters. The molecule has 5 nitrogen and oxygen atoms in total. The zero-order chi connectivity index (χ0) is 42.7. The standard InChI is InChI=1S/C58H38N4OS/c1-3-4-7-17-36(2)56-59-57(37-18-8-5-9-19-37)61-58(60-56)48-34-41(33-47-44-25-13-15-27-52(44)64-55(47)48)39-21-16-20-38(32-39)40-28-29-46-50(35-40)62(42-22-10-6-11-23-42)49-31-30-45-43-24-12-14-26-51(43)63-54(45)53(46)49/h3-35H,1H2,2H3/b7-4-,36-17+. The van der Waals surface area contributed by atoms with Gasteiger partial charge in [0.05, 0.1) is 16.4 Å². The van der Waals surface area contributed by atoms with Gasteiger partial charge in [0.2, 0.25) is 0 Å². The summed E-state index contributed by atoms with van der Waals surface area (Å²) in [7, 11) is 0. The van der Waals surface area contributed by atoms with E-state index in [9.17, 15) is 0 Å². The Hall–Kier alpha value is -8.19. The number of thiophene rings is 1. The maximum Gasteiger partial charge on any atom is 0.165 e. The molecule has 0 radical (unpaired) electrons. The topological polar surface area (TPSA) is 56.7 Å². The maximum absolute atomic E-state index is 6.63. The zero-order valence-corrected chi connectivity index (χ0v) is 35.7. The van der Waals surface area contributed by atoms with E-state index in [4.69, 9.17) is 19.4 Å². The van der Waals surface area contributed by atoms with Gasteiger partial charge in [0, 0.05) is 53.1 Å². The average molecular weight is 839 g/mol. The van der Waals surface area contributed by atoms with Crippen molar-refractivity contribution in [3.63, 3.8) is 0 Å². The van der Waals surface area contributed by atoms with E-state index in [-0.39, 0.29) is 0 Å². The lowest BCUT2D eigenvalue weighted by Crippen LogP contribution is -2.02. The summed E-state index contributed by atoms with van der Waals surface area (Å²) in [4.78, 5) is 15.4. The van der Waals surface area contributed by atoms with E-state index >= 15 is 0 Å². The average Bonchev–Trinajstić information content (AvgIpc) is 4.03. The molecule has 12 rings (SSSR count). The molecule has 0 unspecified atom stereocenters. The van der Waals surface area contributed by atoms with Gasteiger partial charge in [0.1, 0.15) is 11.2 Å². The van der Waals surface area contributed by atoms with Crippen molar-refractivity contribution in [2.75, 3.05) is 0 Å². The summed E-state index contributed by atoms with van der Waals surface area (Å²) >= 11 is 1.78. The van der Waals surface area contributed by atoms with Gasteiger partial charge in [-0.25, -0.2) is 15.0 Å². The van der Waals surface area contributed by atoms with Crippen LogP contribution >= 0.6 is 11.3 Å². The van der Waals surface area contributed by atoms with E-state index in [2.05, 4.69) is 151 Å². The number of hydrogen-bond donors (Lipinski definition) is 0. The molecule has 12 aromatic rings. The summed E-state index contributed by atoms with van der Waals surface area (Å²) in [6.45, 7) is 5.87. The SMILES string of the molecule is C=C/C=C\C=C(/C)c1nc(-c2ccccc2)nc(-c2cc(-c3cccc(-c4ccc5c6c7oc8ccccc8c7ccc6n(-c6ccccc6)c5c4)c3)cc3c2sc2ccccc23)n1. The first-order chi connectivity index (χ1) is 31.6. The minimum Gasteiger partial charge on any atom is -0.455 e. The minimum absolute atomic E-state index is 0.628. The summed E-state index contributed by atoms with van der Waals surface area (Å²) < 4.78 is 11.4. The van der Waals surface area contributed by atoms with Crippen LogP contribution in [0.15, 0.2) is 211 Å². The normalized spacial score (nSPS) is 12.2. The molecule has 0 saturated heterocycles. The van der Waals surface area contributed by atoms with Crippen LogP contribution in [-0.2, 0) is 0 Å².